The van der Waals surface area contributed by atoms with Crippen molar-refractivity contribution in [1.29, 1.82) is 0 Å². The second kappa shape index (κ2) is 7.38. The first-order chi connectivity index (χ1) is 10.3. The number of ether oxygens (including phenoxy) is 3. The third-order valence-electron chi connectivity index (χ3n) is 3.46. The van der Waals surface area contributed by atoms with E-state index in [0.717, 1.165) is 12.1 Å². The largest absolute Gasteiger partial charge is 0.496 e. The number of benzene rings is 1. The molecule has 0 radical (unpaired) electrons. The first-order valence-corrected chi connectivity index (χ1v) is 6.92. The molecular weight excluding hydrogens is 308 g/mol. The van der Waals surface area contributed by atoms with Crippen molar-refractivity contribution < 1.29 is 19.0 Å². The third-order valence-corrected chi connectivity index (χ3v) is 3.46. The number of halogens is 1. The van der Waals surface area contributed by atoms with Crippen LogP contribution in [0.4, 0.5) is 0 Å². The number of nitrogens with one attached hydrogen (secondary N) is 2. The van der Waals surface area contributed by atoms with Crippen molar-refractivity contribution in [2.45, 2.75) is 12.6 Å². The molecule has 0 fully saturated rings. The van der Waals surface area contributed by atoms with Crippen LogP contribution in [-0.2, 0) is 11.3 Å². The molecule has 2 aliphatic heterocycles. The summed E-state index contributed by atoms with van der Waals surface area (Å²) in [6, 6.07) is 3.39. The second-order valence-electron chi connectivity index (χ2n) is 4.84. The summed E-state index contributed by atoms with van der Waals surface area (Å²) in [6.07, 6.45) is 3.80. The minimum atomic E-state index is -0.256. The fraction of sp³-hybridized carbons (Fsp3) is 0.400. The van der Waals surface area contributed by atoms with Crippen LogP contribution in [0.2, 0.25) is 0 Å². The van der Waals surface area contributed by atoms with Crippen molar-refractivity contribution in [2.75, 3.05) is 26.9 Å². The van der Waals surface area contributed by atoms with E-state index in [-0.39, 0.29) is 24.4 Å². The monoisotopic (exact) mass is 326 g/mol. The van der Waals surface area contributed by atoms with Crippen molar-refractivity contribution in [3.63, 3.8) is 0 Å². The molecule has 0 aliphatic carbocycles. The second-order valence-corrected chi connectivity index (χ2v) is 4.84. The maximum absolute atomic E-state index is 12.0. The fourth-order valence-electron chi connectivity index (χ4n) is 2.38. The zero-order valence-corrected chi connectivity index (χ0v) is 13.1. The zero-order valence-electron chi connectivity index (χ0n) is 12.3. The smallest absolute Gasteiger partial charge is 0.241 e. The van der Waals surface area contributed by atoms with Gasteiger partial charge in [0.1, 0.15) is 25.0 Å². The van der Waals surface area contributed by atoms with E-state index in [0.29, 0.717) is 37.0 Å². The van der Waals surface area contributed by atoms with E-state index in [9.17, 15) is 4.79 Å². The molecule has 0 spiro atoms. The molecule has 2 heterocycles. The Labute approximate surface area is 135 Å². The zero-order chi connectivity index (χ0) is 14.7. The Hall–Kier alpha value is -1.92. The van der Waals surface area contributed by atoms with Crippen LogP contribution in [0.5, 0.6) is 17.2 Å². The van der Waals surface area contributed by atoms with E-state index in [2.05, 4.69) is 10.6 Å². The molecular formula is C15H19ClN2O4. The number of hydrogen-bond acceptors (Lipinski definition) is 5. The number of hydrogen-bond donors (Lipinski definition) is 2. The van der Waals surface area contributed by atoms with Gasteiger partial charge in [-0.3, -0.25) is 10.1 Å². The highest BCUT2D eigenvalue weighted by molar-refractivity contribution is 5.85. The van der Waals surface area contributed by atoms with Gasteiger partial charge in [-0.1, -0.05) is 12.2 Å². The Balaban J connectivity index is 0.00000176. The van der Waals surface area contributed by atoms with Crippen molar-refractivity contribution in [2.24, 2.45) is 0 Å². The number of methoxy groups -OCH3 is 1. The van der Waals surface area contributed by atoms with Crippen molar-refractivity contribution in [3.8, 4) is 17.2 Å². The summed E-state index contributed by atoms with van der Waals surface area (Å²) in [6.45, 7) is 2.17. The Kier molecular flexibility index (Phi) is 5.51. The first kappa shape index (κ1) is 16.5. The van der Waals surface area contributed by atoms with E-state index in [4.69, 9.17) is 14.2 Å². The number of carbonyl (C=O) groups is 1. The summed E-state index contributed by atoms with van der Waals surface area (Å²) in [5.41, 5.74) is 0.858. The van der Waals surface area contributed by atoms with Gasteiger partial charge in [-0.15, -0.1) is 12.4 Å². The lowest BCUT2D eigenvalue weighted by atomic mass is 10.1. The summed E-state index contributed by atoms with van der Waals surface area (Å²) < 4.78 is 16.4. The summed E-state index contributed by atoms with van der Waals surface area (Å²) in [5, 5.41) is 5.97. The number of rotatable bonds is 4. The number of amides is 1. The van der Waals surface area contributed by atoms with Gasteiger partial charge in [0.2, 0.25) is 5.91 Å². The van der Waals surface area contributed by atoms with E-state index in [1.807, 2.05) is 18.2 Å². The van der Waals surface area contributed by atoms with Gasteiger partial charge in [-0.05, 0) is 6.07 Å². The van der Waals surface area contributed by atoms with E-state index in [1.54, 1.807) is 13.2 Å². The Bertz CT molecular complexity index is 577. The fourth-order valence-corrected chi connectivity index (χ4v) is 2.38. The standard InChI is InChI=1S/C15H18N2O4.ClH/c1-19-12-8-14-13(20-5-6-21-14)7-10(12)9-17-15(18)11-3-2-4-16-11;/h2-3,7-8,11,16H,4-6,9H2,1H3,(H,17,18);1H. The molecule has 1 amide bonds. The van der Waals surface area contributed by atoms with Crippen LogP contribution in [0.25, 0.3) is 0 Å². The maximum Gasteiger partial charge on any atom is 0.241 e. The first-order valence-electron chi connectivity index (χ1n) is 6.92. The van der Waals surface area contributed by atoms with Gasteiger partial charge in [0, 0.05) is 24.7 Å². The van der Waals surface area contributed by atoms with Gasteiger partial charge < -0.3 is 19.5 Å². The Morgan fingerprint density at radius 3 is 2.73 bits per heavy atom. The molecule has 0 saturated heterocycles. The van der Waals surface area contributed by atoms with E-state index >= 15 is 0 Å². The topological polar surface area (TPSA) is 68.8 Å². The summed E-state index contributed by atoms with van der Waals surface area (Å²) >= 11 is 0. The maximum atomic E-state index is 12.0. The van der Waals surface area contributed by atoms with Crippen LogP contribution in [0.1, 0.15) is 5.56 Å². The van der Waals surface area contributed by atoms with Crippen LogP contribution in [-0.4, -0.2) is 38.8 Å². The summed E-state index contributed by atoms with van der Waals surface area (Å²) in [5.74, 6) is 1.98. The van der Waals surface area contributed by atoms with Gasteiger partial charge in [0.25, 0.3) is 0 Å². The van der Waals surface area contributed by atoms with E-state index < -0.39 is 0 Å². The Morgan fingerprint density at radius 2 is 2.09 bits per heavy atom. The minimum absolute atomic E-state index is 0. The van der Waals surface area contributed by atoms with Crippen LogP contribution >= 0.6 is 12.4 Å². The molecule has 2 aliphatic rings. The molecule has 1 aromatic rings. The molecule has 1 aromatic carbocycles. The molecule has 0 bridgehead atoms. The van der Waals surface area contributed by atoms with E-state index in [1.165, 1.54) is 0 Å². The highest BCUT2D eigenvalue weighted by Gasteiger charge is 2.19. The molecule has 120 valence electrons. The van der Waals surface area contributed by atoms with Crippen LogP contribution in [0.15, 0.2) is 24.3 Å². The minimum Gasteiger partial charge on any atom is -0.496 e. The van der Waals surface area contributed by atoms with Crippen molar-refractivity contribution in [1.82, 2.24) is 10.6 Å². The van der Waals surface area contributed by atoms with Gasteiger partial charge in [-0.2, -0.15) is 0 Å². The van der Waals surface area contributed by atoms with Gasteiger partial charge in [0.15, 0.2) is 11.5 Å². The molecule has 3 rings (SSSR count). The predicted octanol–water partition coefficient (Wildman–Crippen LogP) is 1.03. The quantitative estimate of drug-likeness (QED) is 0.809. The molecule has 0 saturated carbocycles. The van der Waals surface area contributed by atoms with Gasteiger partial charge >= 0.3 is 0 Å². The highest BCUT2D eigenvalue weighted by Crippen LogP contribution is 2.36. The number of carbonyl (C=O) groups excluding carboxylic acids is 1. The molecule has 2 N–H and O–H groups in total. The normalized spacial score (nSPS) is 18.5. The molecule has 22 heavy (non-hydrogen) atoms. The van der Waals surface area contributed by atoms with Crippen LogP contribution < -0.4 is 24.8 Å². The molecule has 1 unspecified atom stereocenters. The van der Waals surface area contributed by atoms with Gasteiger partial charge in [0.05, 0.1) is 7.11 Å². The van der Waals surface area contributed by atoms with Crippen LogP contribution in [0.3, 0.4) is 0 Å². The SMILES string of the molecule is COc1cc2c(cc1CNC(=O)C1C=CCN1)OCCO2.Cl. The molecule has 6 nitrogen and oxygen atoms in total. The molecule has 7 heteroatoms. The third kappa shape index (κ3) is 3.45. The number of fused-ring (bicyclic) bond motifs is 1. The van der Waals surface area contributed by atoms with Crippen molar-refractivity contribution >= 4 is 18.3 Å². The lowest BCUT2D eigenvalue weighted by molar-refractivity contribution is -0.122. The lowest BCUT2D eigenvalue weighted by Gasteiger charge is -2.21. The molecule has 1 atom stereocenters. The summed E-state index contributed by atoms with van der Waals surface area (Å²) in [4.78, 5) is 12.0. The molecule has 0 aromatic heterocycles. The van der Waals surface area contributed by atoms with Crippen molar-refractivity contribution in [3.05, 3.63) is 29.8 Å². The highest BCUT2D eigenvalue weighted by atomic mass is 35.5. The lowest BCUT2D eigenvalue weighted by Crippen LogP contribution is -2.40. The Morgan fingerprint density at radius 1 is 1.36 bits per heavy atom. The summed E-state index contributed by atoms with van der Waals surface area (Å²) in [7, 11) is 1.60. The van der Waals surface area contributed by atoms with Gasteiger partial charge in [-0.25, -0.2) is 0 Å². The predicted molar refractivity (Wildman–Crippen MR) is 84.0 cm³/mol. The average Bonchev–Trinajstić information content (AvgIpc) is 3.06. The average molecular weight is 327 g/mol. The van der Waals surface area contributed by atoms with Crippen LogP contribution in [0, 0.1) is 0 Å².